The summed E-state index contributed by atoms with van der Waals surface area (Å²) in [5.41, 5.74) is 2.60. The van der Waals surface area contributed by atoms with E-state index in [1.807, 2.05) is 55.5 Å². The Hall–Kier alpha value is -2.27. The third-order valence-corrected chi connectivity index (χ3v) is 3.94. The van der Waals surface area contributed by atoms with E-state index in [1.54, 1.807) is 0 Å². The van der Waals surface area contributed by atoms with Crippen molar-refractivity contribution in [2.24, 2.45) is 0 Å². The largest absolute Gasteiger partial charge is 0.326 e. The first kappa shape index (κ1) is 16.1. The third kappa shape index (κ3) is 4.93. The topological polar surface area (TPSA) is 58.2 Å². The number of anilines is 2. The maximum Gasteiger partial charge on any atom is 0.234 e. The number of para-hydroxylation sites is 1. The van der Waals surface area contributed by atoms with Crippen molar-refractivity contribution in [3.05, 3.63) is 54.1 Å². The second kappa shape index (κ2) is 7.66. The maximum atomic E-state index is 12.0. The van der Waals surface area contributed by atoms with Crippen LogP contribution < -0.4 is 10.6 Å². The Morgan fingerprint density at radius 3 is 2.55 bits per heavy atom. The van der Waals surface area contributed by atoms with Crippen LogP contribution in [-0.2, 0) is 9.59 Å². The highest BCUT2D eigenvalue weighted by molar-refractivity contribution is 8.00. The second-order valence-corrected chi connectivity index (χ2v) is 5.91. The summed E-state index contributed by atoms with van der Waals surface area (Å²) in [6.45, 7) is 3.43. The summed E-state index contributed by atoms with van der Waals surface area (Å²) in [4.78, 5) is 24.0. The zero-order valence-electron chi connectivity index (χ0n) is 12.6. The molecule has 2 amide bonds. The lowest BCUT2D eigenvalue weighted by molar-refractivity contribution is -0.114. The van der Waals surface area contributed by atoms with Crippen LogP contribution in [0.2, 0.25) is 0 Å². The van der Waals surface area contributed by atoms with Gasteiger partial charge in [-0.2, -0.15) is 0 Å². The average Bonchev–Trinajstić information content (AvgIpc) is 2.47. The first-order chi connectivity index (χ1) is 10.5. The van der Waals surface area contributed by atoms with E-state index < -0.39 is 0 Å². The Morgan fingerprint density at radius 1 is 1.05 bits per heavy atom. The molecule has 2 aromatic carbocycles. The number of carbonyl (C=O) groups is 2. The number of aryl methyl sites for hydroxylation is 1. The molecule has 0 heterocycles. The number of hydrogen-bond acceptors (Lipinski definition) is 3. The van der Waals surface area contributed by atoms with Gasteiger partial charge in [0.05, 0.1) is 5.75 Å². The average molecular weight is 314 g/mol. The van der Waals surface area contributed by atoms with Gasteiger partial charge in [0, 0.05) is 23.2 Å². The summed E-state index contributed by atoms with van der Waals surface area (Å²) < 4.78 is 0. The van der Waals surface area contributed by atoms with Gasteiger partial charge in [0.2, 0.25) is 11.8 Å². The van der Waals surface area contributed by atoms with Crippen molar-refractivity contribution in [2.75, 3.05) is 16.4 Å². The molecular weight excluding hydrogens is 296 g/mol. The van der Waals surface area contributed by atoms with Crippen molar-refractivity contribution in [3.8, 4) is 0 Å². The van der Waals surface area contributed by atoms with Gasteiger partial charge in [-0.1, -0.05) is 24.3 Å². The Morgan fingerprint density at radius 2 is 1.82 bits per heavy atom. The van der Waals surface area contributed by atoms with Crippen molar-refractivity contribution in [2.45, 2.75) is 18.7 Å². The van der Waals surface area contributed by atoms with Crippen molar-refractivity contribution in [1.82, 2.24) is 0 Å². The molecule has 0 aliphatic heterocycles. The highest BCUT2D eigenvalue weighted by Gasteiger charge is 2.06. The Bertz CT molecular complexity index is 686. The first-order valence-electron chi connectivity index (χ1n) is 6.90. The molecule has 0 saturated heterocycles. The fourth-order valence-corrected chi connectivity index (χ4v) is 2.67. The molecule has 114 valence electrons. The molecule has 4 nitrogen and oxygen atoms in total. The number of thioether (sulfide) groups is 1. The quantitative estimate of drug-likeness (QED) is 0.828. The molecule has 0 aromatic heterocycles. The molecule has 22 heavy (non-hydrogen) atoms. The van der Waals surface area contributed by atoms with Gasteiger partial charge in [-0.3, -0.25) is 9.59 Å². The first-order valence-corrected chi connectivity index (χ1v) is 7.89. The van der Waals surface area contributed by atoms with Crippen LogP contribution in [0.15, 0.2) is 53.4 Å². The zero-order valence-corrected chi connectivity index (χ0v) is 13.4. The minimum atomic E-state index is -0.112. The number of benzene rings is 2. The number of hydrogen-bond donors (Lipinski definition) is 2. The van der Waals surface area contributed by atoms with Crippen molar-refractivity contribution >= 4 is 35.0 Å². The number of rotatable bonds is 5. The van der Waals surface area contributed by atoms with Crippen molar-refractivity contribution in [1.29, 1.82) is 0 Å². The van der Waals surface area contributed by atoms with Crippen molar-refractivity contribution < 1.29 is 9.59 Å². The summed E-state index contributed by atoms with van der Waals surface area (Å²) in [5, 5.41) is 5.63. The molecule has 2 N–H and O–H groups in total. The molecule has 0 unspecified atom stereocenters. The van der Waals surface area contributed by atoms with Gasteiger partial charge in [0.15, 0.2) is 0 Å². The van der Waals surface area contributed by atoms with Crippen LogP contribution in [0.3, 0.4) is 0 Å². The van der Waals surface area contributed by atoms with Gasteiger partial charge in [-0.25, -0.2) is 0 Å². The molecule has 0 fully saturated rings. The highest BCUT2D eigenvalue weighted by atomic mass is 32.2. The van der Waals surface area contributed by atoms with Gasteiger partial charge in [0.1, 0.15) is 0 Å². The summed E-state index contributed by atoms with van der Waals surface area (Å²) >= 11 is 1.43. The maximum absolute atomic E-state index is 12.0. The Kier molecular flexibility index (Phi) is 5.61. The second-order valence-electron chi connectivity index (χ2n) is 4.86. The minimum Gasteiger partial charge on any atom is -0.326 e. The highest BCUT2D eigenvalue weighted by Crippen LogP contribution is 2.22. The third-order valence-electron chi connectivity index (χ3n) is 2.94. The van der Waals surface area contributed by atoms with Crippen LogP contribution in [0.25, 0.3) is 0 Å². The van der Waals surface area contributed by atoms with Gasteiger partial charge < -0.3 is 10.6 Å². The van der Waals surface area contributed by atoms with Gasteiger partial charge in [-0.05, 0) is 36.8 Å². The Labute approximate surface area is 134 Å². The lowest BCUT2D eigenvalue weighted by Gasteiger charge is -2.08. The lowest BCUT2D eigenvalue weighted by Crippen LogP contribution is -2.14. The van der Waals surface area contributed by atoms with E-state index in [-0.39, 0.29) is 11.8 Å². The van der Waals surface area contributed by atoms with E-state index in [0.717, 1.165) is 21.8 Å². The molecule has 0 radical (unpaired) electrons. The van der Waals surface area contributed by atoms with E-state index in [0.29, 0.717) is 5.75 Å². The van der Waals surface area contributed by atoms with Gasteiger partial charge in [0.25, 0.3) is 0 Å². The Balaban J connectivity index is 1.91. The summed E-state index contributed by atoms with van der Waals surface area (Å²) in [7, 11) is 0. The summed E-state index contributed by atoms with van der Waals surface area (Å²) in [6.07, 6.45) is 0. The van der Waals surface area contributed by atoms with Crippen LogP contribution in [0.4, 0.5) is 11.4 Å². The van der Waals surface area contributed by atoms with E-state index >= 15 is 0 Å². The van der Waals surface area contributed by atoms with E-state index in [2.05, 4.69) is 10.6 Å². The lowest BCUT2D eigenvalue weighted by atomic mass is 10.2. The molecule has 5 heteroatoms. The predicted molar refractivity (Wildman–Crippen MR) is 91.3 cm³/mol. The van der Waals surface area contributed by atoms with Crippen molar-refractivity contribution in [3.63, 3.8) is 0 Å². The SMILES string of the molecule is CC(=O)Nc1cccc(SCC(=O)Nc2ccccc2C)c1. The number of nitrogens with one attached hydrogen (secondary N) is 2. The minimum absolute atomic E-state index is 0.0516. The van der Waals surface area contributed by atoms with Crippen LogP contribution in [0.5, 0.6) is 0 Å². The van der Waals surface area contributed by atoms with E-state index in [4.69, 9.17) is 0 Å². The molecular formula is C17H18N2O2S. The molecule has 0 bridgehead atoms. The van der Waals surface area contributed by atoms with Crippen LogP contribution in [-0.4, -0.2) is 17.6 Å². The molecule has 0 aliphatic rings. The zero-order chi connectivity index (χ0) is 15.9. The monoisotopic (exact) mass is 314 g/mol. The molecule has 0 spiro atoms. The standard InChI is InChI=1S/C17H18N2O2S/c1-12-6-3-4-9-16(12)19-17(21)11-22-15-8-5-7-14(10-15)18-13(2)20/h3-10H,11H2,1-2H3,(H,18,20)(H,19,21). The normalized spacial score (nSPS) is 10.1. The molecule has 0 aliphatic carbocycles. The van der Waals surface area contributed by atoms with E-state index in [9.17, 15) is 9.59 Å². The van der Waals surface area contributed by atoms with Crippen LogP contribution in [0, 0.1) is 6.92 Å². The summed E-state index contributed by atoms with van der Waals surface area (Å²) in [5.74, 6) is 0.154. The number of carbonyl (C=O) groups excluding carboxylic acids is 2. The predicted octanol–water partition coefficient (Wildman–Crippen LogP) is 3.68. The molecule has 2 rings (SSSR count). The van der Waals surface area contributed by atoms with Gasteiger partial charge in [-0.15, -0.1) is 11.8 Å². The van der Waals surface area contributed by atoms with Gasteiger partial charge >= 0.3 is 0 Å². The molecule has 0 atom stereocenters. The summed E-state index contributed by atoms with van der Waals surface area (Å²) in [6, 6.07) is 15.1. The fraction of sp³-hybridized carbons (Fsp3) is 0.176. The fourth-order valence-electron chi connectivity index (χ4n) is 1.92. The van der Waals surface area contributed by atoms with E-state index in [1.165, 1.54) is 18.7 Å². The van der Waals surface area contributed by atoms with Crippen LogP contribution in [0.1, 0.15) is 12.5 Å². The molecule has 0 saturated carbocycles. The molecule has 2 aromatic rings. The number of amides is 2. The smallest absolute Gasteiger partial charge is 0.234 e. The van der Waals surface area contributed by atoms with Crippen LogP contribution >= 0.6 is 11.8 Å².